The summed E-state index contributed by atoms with van der Waals surface area (Å²) in [6.07, 6.45) is 4.54. The molecule has 1 aliphatic carbocycles. The third-order valence-electron chi connectivity index (χ3n) is 4.90. The molecule has 2 atom stereocenters. The lowest BCUT2D eigenvalue weighted by Gasteiger charge is -2.29. The number of ether oxygens (including phenoxy) is 1. The van der Waals surface area contributed by atoms with Gasteiger partial charge in [0.2, 0.25) is 0 Å². The van der Waals surface area contributed by atoms with E-state index in [0.717, 1.165) is 29.5 Å². The second-order valence-corrected chi connectivity index (χ2v) is 7.94. The van der Waals surface area contributed by atoms with Crippen LogP contribution in [-0.4, -0.2) is 30.3 Å². The number of fused-ring (bicyclic) bond motifs is 1. The van der Waals surface area contributed by atoms with Gasteiger partial charge in [-0.05, 0) is 41.7 Å². The molecule has 138 valence electrons. The number of hydrogen-bond acceptors (Lipinski definition) is 4. The molecule has 2 aromatic carbocycles. The van der Waals surface area contributed by atoms with Crippen LogP contribution in [0.3, 0.4) is 0 Å². The van der Waals surface area contributed by atoms with E-state index < -0.39 is 0 Å². The Morgan fingerprint density at radius 1 is 1.12 bits per heavy atom. The maximum Gasteiger partial charge on any atom is 0.316 e. The van der Waals surface area contributed by atoms with Crippen molar-refractivity contribution in [2.45, 2.75) is 43.5 Å². The maximum absolute atomic E-state index is 12.0. The zero-order chi connectivity index (χ0) is 18.4. The zero-order valence-electron chi connectivity index (χ0n) is 15.1. The van der Waals surface area contributed by atoms with Gasteiger partial charge in [-0.25, -0.2) is 0 Å². The van der Waals surface area contributed by atoms with Crippen LogP contribution in [0.5, 0.6) is 0 Å². The fourth-order valence-electron chi connectivity index (χ4n) is 3.37. The van der Waals surface area contributed by atoms with Crippen molar-refractivity contribution in [2.24, 2.45) is 5.92 Å². The van der Waals surface area contributed by atoms with Crippen molar-refractivity contribution in [1.29, 1.82) is 0 Å². The van der Waals surface area contributed by atoms with Gasteiger partial charge in [0.05, 0.1) is 5.75 Å². The summed E-state index contributed by atoms with van der Waals surface area (Å²) in [7, 11) is 0. The molecule has 0 aliphatic heterocycles. The topological polar surface area (TPSA) is 55.4 Å². The lowest BCUT2D eigenvalue weighted by molar-refractivity contribution is -0.146. The summed E-state index contributed by atoms with van der Waals surface area (Å²) in [5, 5.41) is 5.31. The molecular weight excluding hydrogens is 346 g/mol. The number of benzene rings is 2. The lowest BCUT2D eigenvalue weighted by atomic mass is 9.86. The Labute approximate surface area is 158 Å². The van der Waals surface area contributed by atoms with Gasteiger partial charge in [-0.1, -0.05) is 50.1 Å². The minimum absolute atomic E-state index is 0.194. The van der Waals surface area contributed by atoms with Crippen LogP contribution < -0.4 is 5.32 Å². The van der Waals surface area contributed by atoms with Gasteiger partial charge in [0.25, 0.3) is 5.91 Å². The van der Waals surface area contributed by atoms with Crippen molar-refractivity contribution in [3.05, 3.63) is 42.5 Å². The Morgan fingerprint density at radius 3 is 2.69 bits per heavy atom. The summed E-state index contributed by atoms with van der Waals surface area (Å²) in [4.78, 5) is 24.9. The number of carbonyl (C=O) groups excluding carboxylic acids is 2. The number of rotatable bonds is 6. The molecular formula is C21H25NO3S. The molecule has 26 heavy (non-hydrogen) atoms. The summed E-state index contributed by atoms with van der Waals surface area (Å²) in [5.74, 6) is 0.125. The Morgan fingerprint density at radius 2 is 1.88 bits per heavy atom. The van der Waals surface area contributed by atoms with Gasteiger partial charge >= 0.3 is 5.97 Å². The van der Waals surface area contributed by atoms with E-state index in [9.17, 15) is 9.59 Å². The average Bonchev–Trinajstić information content (AvgIpc) is 2.66. The molecule has 0 aromatic heterocycles. The molecule has 4 nitrogen and oxygen atoms in total. The maximum atomic E-state index is 12.0. The summed E-state index contributed by atoms with van der Waals surface area (Å²) in [6.45, 7) is 1.97. The second-order valence-electron chi connectivity index (χ2n) is 6.89. The van der Waals surface area contributed by atoms with Crippen LogP contribution in [0, 0.1) is 5.92 Å². The van der Waals surface area contributed by atoms with Gasteiger partial charge < -0.3 is 10.1 Å². The van der Waals surface area contributed by atoms with Crippen molar-refractivity contribution in [2.75, 3.05) is 12.4 Å². The molecule has 0 radical (unpaired) electrons. The van der Waals surface area contributed by atoms with Crippen molar-refractivity contribution in [1.82, 2.24) is 5.32 Å². The van der Waals surface area contributed by atoms with Crippen LogP contribution in [0.2, 0.25) is 0 Å². The van der Waals surface area contributed by atoms with Gasteiger partial charge in [-0.15, -0.1) is 11.8 Å². The van der Waals surface area contributed by atoms with E-state index in [2.05, 4.69) is 24.4 Å². The molecule has 0 spiro atoms. The van der Waals surface area contributed by atoms with Crippen molar-refractivity contribution < 1.29 is 14.3 Å². The normalized spacial score (nSPS) is 19.9. The van der Waals surface area contributed by atoms with E-state index in [4.69, 9.17) is 4.74 Å². The van der Waals surface area contributed by atoms with Crippen LogP contribution in [0.15, 0.2) is 47.4 Å². The van der Waals surface area contributed by atoms with Crippen LogP contribution in [0.4, 0.5) is 0 Å². The average molecular weight is 372 g/mol. The predicted octanol–water partition coefficient (Wildman–Crippen LogP) is 4.17. The Hall–Kier alpha value is -2.01. The number of amides is 1. The monoisotopic (exact) mass is 371 g/mol. The highest BCUT2D eigenvalue weighted by Gasteiger charge is 2.23. The van der Waals surface area contributed by atoms with Crippen LogP contribution >= 0.6 is 11.8 Å². The first kappa shape index (κ1) is 18.8. The number of carbonyl (C=O) groups is 2. The van der Waals surface area contributed by atoms with E-state index in [1.54, 1.807) is 0 Å². The SMILES string of the molecule is C[C@@H]1CCCC[C@@H]1NC(=O)COC(=O)CSc1ccc2ccccc2c1. The van der Waals surface area contributed by atoms with Gasteiger partial charge in [0.15, 0.2) is 6.61 Å². The quantitative estimate of drug-likeness (QED) is 0.612. The summed E-state index contributed by atoms with van der Waals surface area (Å²) < 4.78 is 5.12. The van der Waals surface area contributed by atoms with Crippen molar-refractivity contribution >= 4 is 34.4 Å². The van der Waals surface area contributed by atoms with Crippen LogP contribution in [0.1, 0.15) is 32.6 Å². The lowest BCUT2D eigenvalue weighted by Crippen LogP contribution is -2.43. The first-order valence-corrected chi connectivity index (χ1v) is 10.2. The standard InChI is InChI=1S/C21H25NO3S/c1-15-6-2-5-9-19(15)22-20(23)13-25-21(24)14-26-18-11-10-16-7-3-4-8-17(16)12-18/h3-4,7-8,10-12,15,19H,2,5-6,9,13-14H2,1H3,(H,22,23)/t15-,19+/m1/s1. The zero-order valence-corrected chi connectivity index (χ0v) is 15.9. The van der Waals surface area contributed by atoms with Crippen LogP contribution in [0.25, 0.3) is 10.8 Å². The minimum Gasteiger partial charge on any atom is -0.455 e. The molecule has 0 saturated heterocycles. The molecule has 1 saturated carbocycles. The van der Waals surface area contributed by atoms with Gasteiger partial charge in [0.1, 0.15) is 0 Å². The van der Waals surface area contributed by atoms with Crippen molar-refractivity contribution in [3.63, 3.8) is 0 Å². The molecule has 1 fully saturated rings. The van der Waals surface area contributed by atoms with E-state index in [1.165, 1.54) is 23.6 Å². The number of esters is 1. The Kier molecular flexibility index (Phi) is 6.56. The highest BCUT2D eigenvalue weighted by molar-refractivity contribution is 8.00. The molecule has 1 aliphatic rings. The fraction of sp³-hybridized carbons (Fsp3) is 0.429. The number of hydrogen-bond donors (Lipinski definition) is 1. The number of thioether (sulfide) groups is 1. The third-order valence-corrected chi connectivity index (χ3v) is 5.87. The third kappa shape index (κ3) is 5.24. The van der Waals surface area contributed by atoms with Crippen molar-refractivity contribution in [3.8, 4) is 0 Å². The highest BCUT2D eigenvalue weighted by atomic mass is 32.2. The first-order valence-electron chi connectivity index (χ1n) is 9.18. The molecule has 0 bridgehead atoms. The highest BCUT2D eigenvalue weighted by Crippen LogP contribution is 2.24. The van der Waals surface area contributed by atoms with E-state index in [-0.39, 0.29) is 30.3 Å². The Bertz CT molecular complexity index is 777. The molecule has 2 aromatic rings. The molecule has 1 N–H and O–H groups in total. The van der Waals surface area contributed by atoms with E-state index in [1.807, 2.05) is 30.3 Å². The smallest absolute Gasteiger partial charge is 0.316 e. The van der Waals surface area contributed by atoms with Crippen LogP contribution in [-0.2, 0) is 14.3 Å². The second kappa shape index (κ2) is 9.08. The number of nitrogens with one attached hydrogen (secondary N) is 1. The molecule has 0 heterocycles. The molecule has 1 amide bonds. The largest absolute Gasteiger partial charge is 0.455 e. The summed E-state index contributed by atoms with van der Waals surface area (Å²) in [5.41, 5.74) is 0. The molecule has 5 heteroatoms. The summed E-state index contributed by atoms with van der Waals surface area (Å²) in [6, 6.07) is 14.4. The fourth-order valence-corrected chi connectivity index (χ4v) is 4.11. The Balaban J connectivity index is 1.41. The van der Waals surface area contributed by atoms with E-state index >= 15 is 0 Å². The predicted molar refractivity (Wildman–Crippen MR) is 105 cm³/mol. The summed E-state index contributed by atoms with van der Waals surface area (Å²) >= 11 is 1.42. The molecule has 0 unspecified atom stereocenters. The minimum atomic E-state index is -0.366. The van der Waals surface area contributed by atoms with Gasteiger partial charge in [0, 0.05) is 10.9 Å². The molecule has 3 rings (SSSR count). The first-order chi connectivity index (χ1) is 12.6. The van der Waals surface area contributed by atoms with E-state index in [0.29, 0.717) is 5.92 Å². The van der Waals surface area contributed by atoms with Gasteiger partial charge in [-0.2, -0.15) is 0 Å². The van der Waals surface area contributed by atoms with Gasteiger partial charge in [-0.3, -0.25) is 9.59 Å².